The minimum absolute atomic E-state index is 0.155. The number of thiophene rings is 1. The van der Waals surface area contributed by atoms with Crippen molar-refractivity contribution in [2.24, 2.45) is 0 Å². The van der Waals surface area contributed by atoms with Crippen LogP contribution in [0.5, 0.6) is 0 Å². The minimum atomic E-state index is -0.269. The van der Waals surface area contributed by atoms with Crippen LogP contribution in [0, 0.1) is 0 Å². The van der Waals surface area contributed by atoms with Crippen molar-refractivity contribution in [1.29, 1.82) is 0 Å². The van der Waals surface area contributed by atoms with Gasteiger partial charge in [-0.05, 0) is 174 Å². The molecule has 0 saturated carbocycles. The van der Waals surface area contributed by atoms with E-state index in [-0.39, 0.29) is 10.8 Å². The summed E-state index contributed by atoms with van der Waals surface area (Å²) in [5.41, 5.74) is 24.3. The minimum Gasteiger partial charge on any atom is -0.310 e. The molecule has 0 saturated heterocycles. The van der Waals surface area contributed by atoms with Gasteiger partial charge in [-0.25, -0.2) is 0 Å². The fraction of sp³-hybridized carbons (Fsp3) is 0.0789. The van der Waals surface area contributed by atoms with Crippen LogP contribution >= 0.6 is 11.3 Å². The second kappa shape index (κ2) is 18.2. The highest BCUT2D eigenvalue weighted by Crippen LogP contribution is 2.58. The Kier molecular flexibility index (Phi) is 10.8. The van der Waals surface area contributed by atoms with Crippen molar-refractivity contribution in [3.63, 3.8) is 0 Å². The van der Waals surface area contributed by atoms with Crippen molar-refractivity contribution < 1.29 is 0 Å². The van der Waals surface area contributed by atoms with E-state index >= 15 is 0 Å². The largest absolute Gasteiger partial charge is 0.310 e. The zero-order chi connectivity index (χ0) is 53.0. The number of para-hydroxylation sites is 1. The van der Waals surface area contributed by atoms with Gasteiger partial charge in [0.25, 0.3) is 0 Å². The molecule has 2 nitrogen and oxygen atoms in total. The molecular formula is C76H56N2S. The molecule has 0 spiro atoms. The van der Waals surface area contributed by atoms with E-state index < -0.39 is 0 Å². The lowest BCUT2D eigenvalue weighted by Crippen LogP contribution is -2.17. The van der Waals surface area contributed by atoms with Gasteiger partial charge in [0.2, 0.25) is 0 Å². The molecule has 376 valence electrons. The summed E-state index contributed by atoms with van der Waals surface area (Å²) < 4.78 is 2.58. The van der Waals surface area contributed by atoms with Gasteiger partial charge in [-0.3, -0.25) is 0 Å². The van der Waals surface area contributed by atoms with E-state index in [9.17, 15) is 0 Å². The monoisotopic (exact) mass is 1030 g/mol. The summed E-state index contributed by atoms with van der Waals surface area (Å²) in [7, 11) is 0. The van der Waals surface area contributed by atoms with E-state index in [2.05, 4.69) is 304 Å². The van der Waals surface area contributed by atoms with Gasteiger partial charge in [-0.2, -0.15) is 0 Å². The van der Waals surface area contributed by atoms with Crippen LogP contribution in [0.3, 0.4) is 0 Å². The third-order valence-electron chi connectivity index (χ3n) is 17.2. The number of hydrogen-bond acceptors (Lipinski definition) is 3. The maximum Gasteiger partial charge on any atom is 0.0540 e. The van der Waals surface area contributed by atoms with Gasteiger partial charge in [0, 0.05) is 64.8 Å². The van der Waals surface area contributed by atoms with Gasteiger partial charge >= 0.3 is 0 Å². The fourth-order valence-electron chi connectivity index (χ4n) is 13.2. The summed E-state index contributed by atoms with van der Waals surface area (Å²) >= 11 is 1.86. The molecule has 0 unspecified atom stereocenters. The molecule has 13 aromatic rings. The Labute approximate surface area is 466 Å². The smallest absolute Gasteiger partial charge is 0.0540 e. The lowest BCUT2D eigenvalue weighted by molar-refractivity contribution is 0.652. The van der Waals surface area contributed by atoms with Crippen LogP contribution in [0.15, 0.2) is 267 Å². The Hall–Kier alpha value is -9.28. The number of fused-ring (bicyclic) bond motifs is 10. The van der Waals surface area contributed by atoms with E-state index in [0.29, 0.717) is 0 Å². The first-order valence-corrected chi connectivity index (χ1v) is 28.4. The summed E-state index contributed by atoms with van der Waals surface area (Å²) in [5, 5.41) is 4.93. The van der Waals surface area contributed by atoms with E-state index in [1.54, 1.807) is 0 Å². The molecule has 0 aliphatic heterocycles. The van der Waals surface area contributed by atoms with Gasteiger partial charge in [-0.1, -0.05) is 204 Å². The normalized spacial score (nSPS) is 13.5. The van der Waals surface area contributed by atoms with Crippen LogP contribution in [0.1, 0.15) is 49.9 Å². The molecule has 0 amide bonds. The molecular weight excluding hydrogens is 973 g/mol. The van der Waals surface area contributed by atoms with Crippen LogP contribution in [-0.2, 0) is 10.8 Å². The Morgan fingerprint density at radius 3 is 1.62 bits per heavy atom. The van der Waals surface area contributed by atoms with Crippen molar-refractivity contribution in [3.05, 3.63) is 289 Å². The van der Waals surface area contributed by atoms with Crippen LogP contribution in [0.25, 0.3) is 86.6 Å². The number of rotatable bonds is 9. The molecule has 1 heterocycles. The fourth-order valence-corrected chi connectivity index (χ4v) is 14.3. The molecule has 0 atom stereocenters. The van der Waals surface area contributed by atoms with E-state index in [4.69, 9.17) is 0 Å². The van der Waals surface area contributed by atoms with Crippen LogP contribution in [0.4, 0.5) is 34.1 Å². The van der Waals surface area contributed by atoms with E-state index in [1.807, 2.05) is 11.3 Å². The highest BCUT2D eigenvalue weighted by atomic mass is 32.1. The first kappa shape index (κ1) is 47.0. The average Bonchev–Trinajstić information content (AvgIpc) is 4.06. The van der Waals surface area contributed by atoms with Gasteiger partial charge in [0.1, 0.15) is 0 Å². The molecule has 0 radical (unpaired) electrons. The number of anilines is 6. The van der Waals surface area contributed by atoms with Crippen LogP contribution in [-0.4, -0.2) is 0 Å². The Balaban J connectivity index is 0.946. The lowest BCUT2D eigenvalue weighted by Gasteiger charge is -2.31. The first-order valence-electron chi connectivity index (χ1n) is 27.6. The molecule has 0 bridgehead atoms. The van der Waals surface area contributed by atoms with Crippen LogP contribution in [0.2, 0.25) is 0 Å². The predicted molar refractivity (Wildman–Crippen MR) is 338 cm³/mol. The number of benzene rings is 12. The van der Waals surface area contributed by atoms with Crippen molar-refractivity contribution in [2.45, 2.75) is 38.5 Å². The highest BCUT2D eigenvalue weighted by molar-refractivity contribution is 7.25. The molecule has 0 fully saturated rings. The lowest BCUT2D eigenvalue weighted by atomic mass is 9.79. The van der Waals surface area contributed by atoms with Gasteiger partial charge < -0.3 is 9.80 Å². The number of nitrogens with zero attached hydrogens (tertiary/aromatic N) is 2. The zero-order valence-electron chi connectivity index (χ0n) is 44.7. The van der Waals surface area contributed by atoms with Crippen molar-refractivity contribution >= 4 is 76.4 Å². The second-order valence-corrected chi connectivity index (χ2v) is 23.6. The Morgan fingerprint density at radius 2 is 0.835 bits per heavy atom. The molecule has 2 aliphatic carbocycles. The molecule has 12 aromatic carbocycles. The highest BCUT2D eigenvalue weighted by Gasteiger charge is 2.42. The SMILES string of the molecule is CC1(C)c2cc(-c3cc(N(c4ccccc4)c4ccc(-c5ccccc5)cc4)cc(N(c4ccc5sc6ccccc6c5c4)c4cccc5ccccc45)c3)ccc2-c2cc3c(cc21)-c1c(-c2ccccc2)cccc1C3(C)C. The van der Waals surface area contributed by atoms with Crippen molar-refractivity contribution in [1.82, 2.24) is 0 Å². The van der Waals surface area contributed by atoms with Gasteiger partial charge in [-0.15, -0.1) is 11.3 Å². The standard InChI is InChI=1S/C76H56N2S/c1-75(2)67-31-19-30-61(52-22-10-6-11-23-52)74(67)66-48-69-64(47-70(66)75)62-40-36-53(44-68(62)76(69,3)4)54-42-58(77(55-26-12-7-13-27-55)56-37-34-50(35-38-56)49-20-8-5-9-21-49)45-59(43-54)78(71-32-18-25-51-24-14-15-28-60(51)71)57-39-41-73-65(46-57)63-29-16-17-33-72(63)79-73/h5-48H,1-4H3. The molecule has 1 aromatic heterocycles. The molecule has 0 N–H and O–H groups in total. The van der Waals surface area contributed by atoms with Gasteiger partial charge in [0.05, 0.1) is 5.69 Å². The predicted octanol–water partition coefficient (Wildman–Crippen LogP) is 21.8. The summed E-state index contributed by atoms with van der Waals surface area (Å²) in [5.74, 6) is 0. The molecule has 2 aliphatic rings. The van der Waals surface area contributed by atoms with Crippen molar-refractivity contribution in [3.8, 4) is 55.6 Å². The zero-order valence-corrected chi connectivity index (χ0v) is 45.5. The molecule has 15 rings (SSSR count). The topological polar surface area (TPSA) is 6.48 Å². The Bertz CT molecular complexity index is 4530. The Morgan fingerprint density at radius 1 is 0.278 bits per heavy atom. The number of hydrogen-bond donors (Lipinski definition) is 0. The summed E-state index contributed by atoms with van der Waals surface area (Å²) in [6.45, 7) is 9.68. The molecule has 79 heavy (non-hydrogen) atoms. The van der Waals surface area contributed by atoms with Crippen LogP contribution < -0.4 is 9.80 Å². The van der Waals surface area contributed by atoms with Gasteiger partial charge in [0.15, 0.2) is 0 Å². The third-order valence-corrected chi connectivity index (χ3v) is 18.4. The maximum atomic E-state index is 2.56. The average molecular weight is 1030 g/mol. The van der Waals surface area contributed by atoms with Crippen molar-refractivity contribution in [2.75, 3.05) is 9.80 Å². The van der Waals surface area contributed by atoms with E-state index in [0.717, 1.165) is 39.7 Å². The van der Waals surface area contributed by atoms with E-state index in [1.165, 1.54) is 103 Å². The third kappa shape index (κ3) is 7.59. The first-order chi connectivity index (χ1) is 38.7. The second-order valence-electron chi connectivity index (χ2n) is 22.5. The summed E-state index contributed by atoms with van der Waals surface area (Å²) in [4.78, 5) is 4.93. The maximum absolute atomic E-state index is 2.56. The molecule has 3 heteroatoms. The summed E-state index contributed by atoms with van der Waals surface area (Å²) in [6, 6.07) is 99.4. The quantitative estimate of drug-likeness (QED) is 0.142. The summed E-state index contributed by atoms with van der Waals surface area (Å²) in [6.07, 6.45) is 0.